The number of hydrogen-bond acceptors (Lipinski definition) is 4. The van der Waals surface area contributed by atoms with Crippen LogP contribution >= 0.6 is 0 Å². The number of nitrogens with zero attached hydrogens (tertiary/aromatic N) is 1. The first kappa shape index (κ1) is 9.98. The number of nitrogen functional groups attached to an aromatic ring is 1. The van der Waals surface area contributed by atoms with Gasteiger partial charge in [-0.1, -0.05) is 0 Å². The van der Waals surface area contributed by atoms with Crippen molar-refractivity contribution in [2.24, 2.45) is 0 Å². The first-order valence-electron chi connectivity index (χ1n) is 4.85. The van der Waals surface area contributed by atoms with Crippen molar-refractivity contribution < 1.29 is 9.15 Å². The second-order valence-corrected chi connectivity index (χ2v) is 3.54. The Hall–Kier alpha value is -1.55. The minimum atomic E-state index is 0.612. The van der Waals surface area contributed by atoms with E-state index in [-0.39, 0.29) is 0 Å². The molecule has 1 aromatic heterocycles. The normalized spacial score (nSPS) is 11.1. The average Bonchev–Trinajstić information content (AvgIpc) is 2.57. The third-order valence-corrected chi connectivity index (χ3v) is 2.26. The van der Waals surface area contributed by atoms with Crippen LogP contribution in [0, 0.1) is 6.92 Å². The van der Waals surface area contributed by atoms with E-state index in [2.05, 4.69) is 4.98 Å². The van der Waals surface area contributed by atoms with E-state index in [0.29, 0.717) is 24.6 Å². The van der Waals surface area contributed by atoms with Crippen molar-refractivity contribution in [3.63, 3.8) is 0 Å². The number of aromatic nitrogens is 1. The van der Waals surface area contributed by atoms with Crippen molar-refractivity contribution in [3.8, 4) is 0 Å². The summed E-state index contributed by atoms with van der Waals surface area (Å²) < 4.78 is 10.6. The van der Waals surface area contributed by atoms with Gasteiger partial charge >= 0.3 is 0 Å². The number of oxazole rings is 1. The average molecular weight is 206 g/mol. The largest absolute Gasteiger partial charge is 0.440 e. The van der Waals surface area contributed by atoms with Gasteiger partial charge in [-0.25, -0.2) is 4.98 Å². The molecular formula is C11H14N2O2. The van der Waals surface area contributed by atoms with E-state index in [1.54, 1.807) is 7.11 Å². The van der Waals surface area contributed by atoms with Crippen LogP contribution < -0.4 is 5.73 Å². The van der Waals surface area contributed by atoms with Gasteiger partial charge in [-0.15, -0.1) is 0 Å². The molecule has 0 fully saturated rings. The maximum atomic E-state index is 5.73. The molecule has 2 aromatic rings. The Morgan fingerprint density at radius 2 is 2.27 bits per heavy atom. The molecule has 0 aliphatic rings. The lowest BCUT2D eigenvalue weighted by atomic mass is 10.2. The molecule has 0 aliphatic carbocycles. The van der Waals surface area contributed by atoms with E-state index < -0.39 is 0 Å². The maximum Gasteiger partial charge on any atom is 0.197 e. The summed E-state index contributed by atoms with van der Waals surface area (Å²) in [4.78, 5) is 4.35. The number of ether oxygens (including phenoxy) is 1. The number of methoxy groups -OCH3 is 1. The molecule has 0 unspecified atom stereocenters. The molecule has 4 nitrogen and oxygen atoms in total. The fraction of sp³-hybridized carbons (Fsp3) is 0.364. The third-order valence-electron chi connectivity index (χ3n) is 2.26. The van der Waals surface area contributed by atoms with Crippen LogP contribution in [0.2, 0.25) is 0 Å². The fourth-order valence-corrected chi connectivity index (χ4v) is 1.57. The van der Waals surface area contributed by atoms with Crippen LogP contribution in [-0.4, -0.2) is 18.7 Å². The van der Waals surface area contributed by atoms with Gasteiger partial charge < -0.3 is 14.9 Å². The van der Waals surface area contributed by atoms with E-state index in [4.69, 9.17) is 14.9 Å². The number of rotatable bonds is 3. The van der Waals surface area contributed by atoms with Crippen molar-refractivity contribution >= 4 is 16.8 Å². The first-order chi connectivity index (χ1) is 7.20. The Bertz CT molecular complexity index is 477. The zero-order valence-corrected chi connectivity index (χ0v) is 8.91. The minimum absolute atomic E-state index is 0.612. The van der Waals surface area contributed by atoms with Crippen molar-refractivity contribution in [1.29, 1.82) is 0 Å². The lowest BCUT2D eigenvalue weighted by Crippen LogP contribution is -1.93. The Morgan fingerprint density at radius 3 is 3.00 bits per heavy atom. The Morgan fingerprint density at radius 1 is 1.47 bits per heavy atom. The minimum Gasteiger partial charge on any atom is -0.440 e. The van der Waals surface area contributed by atoms with Crippen molar-refractivity contribution in [3.05, 3.63) is 23.6 Å². The van der Waals surface area contributed by atoms with E-state index in [0.717, 1.165) is 16.7 Å². The van der Waals surface area contributed by atoms with Crippen LogP contribution in [0.15, 0.2) is 16.5 Å². The Labute approximate surface area is 88.0 Å². The molecule has 2 rings (SSSR count). The zero-order chi connectivity index (χ0) is 10.8. The molecule has 0 saturated carbocycles. The molecule has 2 N–H and O–H groups in total. The highest BCUT2D eigenvalue weighted by Gasteiger charge is 2.08. The van der Waals surface area contributed by atoms with Crippen molar-refractivity contribution in [2.75, 3.05) is 19.5 Å². The summed E-state index contributed by atoms with van der Waals surface area (Å²) in [6, 6.07) is 3.70. The molecular weight excluding hydrogens is 192 g/mol. The van der Waals surface area contributed by atoms with Crippen LogP contribution in [-0.2, 0) is 11.2 Å². The molecule has 15 heavy (non-hydrogen) atoms. The molecule has 0 saturated heterocycles. The molecule has 0 amide bonds. The number of nitrogens with two attached hydrogens (primary N) is 1. The molecule has 0 radical (unpaired) electrons. The first-order valence-corrected chi connectivity index (χ1v) is 4.85. The van der Waals surface area contributed by atoms with Crippen LogP contribution in [0.1, 0.15) is 11.5 Å². The Balaban J connectivity index is 2.41. The highest BCUT2D eigenvalue weighted by Crippen LogP contribution is 2.22. The summed E-state index contributed by atoms with van der Waals surface area (Å²) in [7, 11) is 1.66. The molecule has 80 valence electrons. The highest BCUT2D eigenvalue weighted by molar-refractivity contribution is 5.80. The van der Waals surface area contributed by atoms with Crippen LogP contribution in [0.25, 0.3) is 11.1 Å². The number of aryl methyl sites for hydroxylation is 1. The van der Waals surface area contributed by atoms with E-state index >= 15 is 0 Å². The highest BCUT2D eigenvalue weighted by atomic mass is 16.5. The molecule has 0 spiro atoms. The lowest BCUT2D eigenvalue weighted by molar-refractivity contribution is 0.196. The third kappa shape index (κ3) is 1.94. The summed E-state index contributed by atoms with van der Waals surface area (Å²) >= 11 is 0. The fourth-order valence-electron chi connectivity index (χ4n) is 1.57. The molecule has 1 heterocycles. The second kappa shape index (κ2) is 3.90. The summed E-state index contributed by atoms with van der Waals surface area (Å²) in [5, 5.41) is 0. The van der Waals surface area contributed by atoms with E-state index in [1.807, 2.05) is 19.1 Å². The maximum absolute atomic E-state index is 5.73. The van der Waals surface area contributed by atoms with Gasteiger partial charge in [0.05, 0.1) is 6.61 Å². The summed E-state index contributed by atoms with van der Waals surface area (Å²) in [6.45, 7) is 2.57. The summed E-state index contributed by atoms with van der Waals surface area (Å²) in [5.74, 6) is 0.695. The van der Waals surface area contributed by atoms with Gasteiger partial charge in [-0.2, -0.15) is 0 Å². The topological polar surface area (TPSA) is 61.3 Å². The Kier molecular flexibility index (Phi) is 2.60. The van der Waals surface area contributed by atoms with Crippen LogP contribution in [0.4, 0.5) is 5.69 Å². The van der Waals surface area contributed by atoms with Gasteiger partial charge in [0.25, 0.3) is 0 Å². The van der Waals surface area contributed by atoms with Gasteiger partial charge in [-0.05, 0) is 24.6 Å². The molecule has 0 atom stereocenters. The smallest absolute Gasteiger partial charge is 0.197 e. The predicted octanol–water partition coefficient (Wildman–Crippen LogP) is 1.91. The van der Waals surface area contributed by atoms with Gasteiger partial charge in [0.15, 0.2) is 11.5 Å². The summed E-state index contributed by atoms with van der Waals surface area (Å²) in [6.07, 6.45) is 0.685. The standard InChI is InChI=1S/C11H14N2O2/c1-7-5-8(12)6-9-11(7)15-10(13-9)3-4-14-2/h5-6H,3-4,12H2,1-2H3. The molecule has 0 bridgehead atoms. The van der Waals surface area contributed by atoms with Gasteiger partial charge in [0, 0.05) is 19.2 Å². The van der Waals surface area contributed by atoms with Gasteiger partial charge in [0.2, 0.25) is 0 Å². The zero-order valence-electron chi connectivity index (χ0n) is 8.91. The van der Waals surface area contributed by atoms with Crippen LogP contribution in [0.5, 0.6) is 0 Å². The monoisotopic (exact) mass is 206 g/mol. The van der Waals surface area contributed by atoms with Gasteiger partial charge in [-0.3, -0.25) is 0 Å². The molecule has 4 heteroatoms. The molecule has 0 aliphatic heterocycles. The predicted molar refractivity (Wildman–Crippen MR) is 58.7 cm³/mol. The van der Waals surface area contributed by atoms with Crippen molar-refractivity contribution in [2.45, 2.75) is 13.3 Å². The summed E-state index contributed by atoms with van der Waals surface area (Å²) in [5.41, 5.74) is 9.09. The SMILES string of the molecule is COCCc1nc2cc(N)cc(C)c2o1. The van der Waals surface area contributed by atoms with E-state index in [9.17, 15) is 0 Å². The quantitative estimate of drug-likeness (QED) is 0.779. The number of benzene rings is 1. The van der Waals surface area contributed by atoms with E-state index in [1.165, 1.54) is 0 Å². The number of anilines is 1. The number of fused-ring (bicyclic) bond motifs is 1. The van der Waals surface area contributed by atoms with Crippen LogP contribution in [0.3, 0.4) is 0 Å². The van der Waals surface area contributed by atoms with Gasteiger partial charge in [0.1, 0.15) is 5.52 Å². The number of hydrogen-bond donors (Lipinski definition) is 1. The molecule has 1 aromatic carbocycles. The lowest BCUT2D eigenvalue weighted by Gasteiger charge is -1.95. The van der Waals surface area contributed by atoms with Crippen molar-refractivity contribution in [1.82, 2.24) is 4.98 Å². The second-order valence-electron chi connectivity index (χ2n) is 3.54.